The van der Waals surface area contributed by atoms with Crippen LogP contribution in [0.25, 0.3) is 11.0 Å². The summed E-state index contributed by atoms with van der Waals surface area (Å²) in [6, 6.07) is 7.84. The van der Waals surface area contributed by atoms with Crippen molar-refractivity contribution in [1.29, 1.82) is 0 Å². The Morgan fingerprint density at radius 3 is 2.81 bits per heavy atom. The van der Waals surface area contributed by atoms with E-state index in [1.54, 1.807) is 0 Å². The predicted molar refractivity (Wildman–Crippen MR) is 80.2 cm³/mol. The molecule has 3 rings (SSSR count). The average molecular weight is 291 g/mol. The highest BCUT2D eigenvalue weighted by Gasteiger charge is 2.29. The van der Waals surface area contributed by atoms with Crippen LogP contribution in [-0.2, 0) is 6.54 Å². The summed E-state index contributed by atoms with van der Waals surface area (Å²) in [7, 11) is 0. The molecule has 1 aliphatic heterocycles. The molecule has 0 aliphatic carbocycles. The minimum Gasteiger partial charge on any atom is -0.396 e. The van der Waals surface area contributed by atoms with Crippen LogP contribution >= 0.6 is 0 Å². The number of hydrogen-bond donors (Lipinski definition) is 3. The lowest BCUT2D eigenvalue weighted by Crippen LogP contribution is -2.45. The number of aliphatic hydroxyl groups is 3. The summed E-state index contributed by atoms with van der Waals surface area (Å²) in [4.78, 5) is 6.75. The molecule has 1 aromatic heterocycles. The number of piperidine rings is 1. The molecule has 3 N–H and O–H groups in total. The fourth-order valence-corrected chi connectivity index (χ4v) is 3.01. The number of imidazole rings is 1. The average Bonchev–Trinajstić information content (AvgIpc) is 2.87. The Hall–Kier alpha value is -1.63. The van der Waals surface area contributed by atoms with Crippen LogP contribution in [0.3, 0.4) is 0 Å². The molecule has 1 aliphatic rings. The highest BCUT2D eigenvalue weighted by atomic mass is 16.3. The van der Waals surface area contributed by atoms with Crippen LogP contribution in [-0.4, -0.2) is 57.3 Å². The van der Waals surface area contributed by atoms with E-state index in [4.69, 9.17) is 0 Å². The number of benzene rings is 1. The molecule has 2 heterocycles. The lowest BCUT2D eigenvalue weighted by molar-refractivity contribution is 0.0520. The summed E-state index contributed by atoms with van der Waals surface area (Å²) in [5, 5.41) is 28.6. The number of hydrogen-bond acceptors (Lipinski definition) is 5. The van der Waals surface area contributed by atoms with Crippen molar-refractivity contribution in [3.63, 3.8) is 0 Å². The molecule has 6 heteroatoms. The molecular formula is C15H21N3O3. The van der Waals surface area contributed by atoms with E-state index in [0.717, 1.165) is 17.0 Å². The van der Waals surface area contributed by atoms with Crippen LogP contribution < -0.4 is 4.90 Å². The van der Waals surface area contributed by atoms with Crippen molar-refractivity contribution in [3.8, 4) is 0 Å². The SMILES string of the molecule is OCCn1c(N2CC[C@H](O)[C@H](CO)C2)nc2ccccc21. The smallest absolute Gasteiger partial charge is 0.206 e. The third kappa shape index (κ3) is 2.62. The van der Waals surface area contributed by atoms with Gasteiger partial charge in [-0.2, -0.15) is 0 Å². The van der Waals surface area contributed by atoms with Gasteiger partial charge in [-0.15, -0.1) is 0 Å². The zero-order valence-corrected chi connectivity index (χ0v) is 11.9. The van der Waals surface area contributed by atoms with Gasteiger partial charge in [0.05, 0.1) is 30.4 Å². The first-order valence-electron chi connectivity index (χ1n) is 7.34. The van der Waals surface area contributed by atoms with Gasteiger partial charge < -0.3 is 24.8 Å². The van der Waals surface area contributed by atoms with Gasteiger partial charge >= 0.3 is 0 Å². The van der Waals surface area contributed by atoms with E-state index >= 15 is 0 Å². The van der Waals surface area contributed by atoms with Crippen LogP contribution in [0.15, 0.2) is 24.3 Å². The Bertz CT molecular complexity index is 613. The van der Waals surface area contributed by atoms with Gasteiger partial charge in [0.2, 0.25) is 5.95 Å². The quantitative estimate of drug-likeness (QED) is 0.750. The molecule has 0 amide bonds. The Balaban J connectivity index is 1.97. The summed E-state index contributed by atoms with van der Waals surface area (Å²) < 4.78 is 2.00. The molecular weight excluding hydrogens is 270 g/mol. The zero-order chi connectivity index (χ0) is 14.8. The predicted octanol–water partition coefficient (Wildman–Crippen LogP) is 0.208. The van der Waals surface area contributed by atoms with Crippen LogP contribution in [0.5, 0.6) is 0 Å². The van der Waals surface area contributed by atoms with E-state index in [0.29, 0.717) is 26.1 Å². The summed E-state index contributed by atoms with van der Waals surface area (Å²) >= 11 is 0. The standard InChI is InChI=1S/C15H21N3O3/c19-8-7-18-13-4-2-1-3-12(13)16-15(18)17-6-5-14(21)11(9-17)10-20/h1-4,11,14,19-21H,5-10H2/t11-,14-/m0/s1. The fraction of sp³-hybridized carbons (Fsp3) is 0.533. The molecule has 6 nitrogen and oxygen atoms in total. The van der Waals surface area contributed by atoms with Gasteiger partial charge in [0, 0.05) is 25.6 Å². The molecule has 0 bridgehead atoms. The molecule has 2 atom stereocenters. The minimum absolute atomic E-state index is 0.0299. The van der Waals surface area contributed by atoms with E-state index < -0.39 is 6.10 Å². The maximum absolute atomic E-state index is 9.89. The van der Waals surface area contributed by atoms with Crippen molar-refractivity contribution < 1.29 is 15.3 Å². The molecule has 1 aromatic carbocycles. The van der Waals surface area contributed by atoms with Crippen molar-refractivity contribution in [1.82, 2.24) is 9.55 Å². The number of fused-ring (bicyclic) bond motifs is 1. The summed E-state index contributed by atoms with van der Waals surface area (Å²) in [6.45, 7) is 1.78. The Kier molecular flexibility index (Phi) is 4.10. The lowest BCUT2D eigenvalue weighted by atomic mass is 9.96. The van der Waals surface area contributed by atoms with Crippen molar-refractivity contribution in [2.24, 2.45) is 5.92 Å². The van der Waals surface area contributed by atoms with Crippen molar-refractivity contribution in [2.45, 2.75) is 19.1 Å². The molecule has 1 fully saturated rings. The third-order valence-electron chi connectivity index (χ3n) is 4.17. The Morgan fingerprint density at radius 1 is 1.24 bits per heavy atom. The summed E-state index contributed by atoms with van der Waals surface area (Å²) in [5.41, 5.74) is 1.89. The molecule has 1 saturated heterocycles. The topological polar surface area (TPSA) is 81.8 Å². The number of aromatic nitrogens is 2. The van der Waals surface area contributed by atoms with E-state index in [1.165, 1.54) is 0 Å². The Labute approximate surface area is 123 Å². The molecule has 0 radical (unpaired) electrons. The van der Waals surface area contributed by atoms with Crippen molar-refractivity contribution in [2.75, 3.05) is 31.2 Å². The van der Waals surface area contributed by atoms with Gasteiger partial charge in [0.25, 0.3) is 0 Å². The maximum atomic E-state index is 9.89. The second-order valence-electron chi connectivity index (χ2n) is 5.52. The van der Waals surface area contributed by atoms with Crippen LogP contribution in [0.2, 0.25) is 0 Å². The minimum atomic E-state index is -0.457. The van der Waals surface area contributed by atoms with Gasteiger partial charge in [-0.3, -0.25) is 0 Å². The number of aliphatic hydroxyl groups excluding tert-OH is 3. The lowest BCUT2D eigenvalue weighted by Gasteiger charge is -2.36. The molecule has 114 valence electrons. The van der Waals surface area contributed by atoms with Crippen LogP contribution in [0.4, 0.5) is 5.95 Å². The third-order valence-corrected chi connectivity index (χ3v) is 4.17. The highest BCUT2D eigenvalue weighted by molar-refractivity contribution is 5.78. The van der Waals surface area contributed by atoms with Crippen molar-refractivity contribution in [3.05, 3.63) is 24.3 Å². The summed E-state index contributed by atoms with van der Waals surface area (Å²) in [5.74, 6) is 0.650. The van der Waals surface area contributed by atoms with Crippen LogP contribution in [0, 0.1) is 5.92 Å². The first-order chi connectivity index (χ1) is 10.2. The Morgan fingerprint density at radius 2 is 2.05 bits per heavy atom. The van der Waals surface area contributed by atoms with E-state index in [9.17, 15) is 15.3 Å². The molecule has 0 spiro atoms. The van der Waals surface area contributed by atoms with E-state index in [2.05, 4.69) is 9.88 Å². The van der Waals surface area contributed by atoms with E-state index in [1.807, 2.05) is 28.8 Å². The number of rotatable bonds is 4. The van der Waals surface area contributed by atoms with Gasteiger partial charge in [0.1, 0.15) is 0 Å². The molecule has 2 aromatic rings. The zero-order valence-electron chi connectivity index (χ0n) is 11.9. The maximum Gasteiger partial charge on any atom is 0.206 e. The normalized spacial score (nSPS) is 22.9. The van der Waals surface area contributed by atoms with Crippen molar-refractivity contribution >= 4 is 17.0 Å². The second kappa shape index (κ2) is 6.01. The first-order valence-corrected chi connectivity index (χ1v) is 7.34. The van der Waals surface area contributed by atoms with Gasteiger partial charge in [-0.1, -0.05) is 12.1 Å². The highest BCUT2D eigenvalue weighted by Crippen LogP contribution is 2.26. The second-order valence-corrected chi connectivity index (χ2v) is 5.52. The van der Waals surface area contributed by atoms with Crippen LogP contribution in [0.1, 0.15) is 6.42 Å². The summed E-state index contributed by atoms with van der Waals surface area (Å²) in [6.07, 6.45) is 0.162. The fourth-order valence-electron chi connectivity index (χ4n) is 3.01. The molecule has 0 saturated carbocycles. The monoisotopic (exact) mass is 291 g/mol. The molecule has 21 heavy (non-hydrogen) atoms. The largest absolute Gasteiger partial charge is 0.396 e. The first kappa shape index (κ1) is 14.3. The van der Waals surface area contributed by atoms with Gasteiger partial charge in [0.15, 0.2) is 0 Å². The van der Waals surface area contributed by atoms with Gasteiger partial charge in [-0.05, 0) is 18.6 Å². The van der Waals surface area contributed by atoms with Gasteiger partial charge in [-0.25, -0.2) is 4.98 Å². The number of nitrogens with zero attached hydrogens (tertiary/aromatic N) is 3. The van der Waals surface area contributed by atoms with E-state index in [-0.39, 0.29) is 19.1 Å². The number of anilines is 1. The number of para-hydroxylation sites is 2. The molecule has 0 unspecified atom stereocenters.